The van der Waals surface area contributed by atoms with Gasteiger partial charge in [0.1, 0.15) is 11.6 Å². The standard InChI is InChI=1S/C33H39F2N5O2S/c1-8-27(42-31-14-11-10-13-29(31)35)18-22(4)25(7)40-33(36)28(20-37-40)32(41)30-19-26(24(6)38-30)17-21(3)23(5)39-43(9-2)16-12-15-34/h8-11,13-14,17-20,38-39H,5,7,12,15-16,36H2,1-4,6H3/b21-17-,22-18-,27-8+. The van der Waals surface area contributed by atoms with Crippen molar-refractivity contribution in [2.45, 2.75) is 41.0 Å². The second-order valence-corrected chi connectivity index (χ2v) is 11.7. The van der Waals surface area contributed by atoms with Gasteiger partial charge in [-0.3, -0.25) is 9.18 Å². The van der Waals surface area contributed by atoms with Gasteiger partial charge in [-0.15, -0.1) is 10.7 Å². The van der Waals surface area contributed by atoms with E-state index >= 15 is 0 Å². The van der Waals surface area contributed by atoms with Gasteiger partial charge in [-0.1, -0.05) is 25.3 Å². The first-order chi connectivity index (χ1) is 20.5. The van der Waals surface area contributed by atoms with Crippen LogP contribution >= 0.6 is 10.7 Å². The number of nitrogen functional groups attached to an aromatic ring is 1. The highest BCUT2D eigenvalue weighted by molar-refractivity contribution is 8.13. The molecule has 0 fully saturated rings. The molecule has 3 rings (SSSR count). The Hall–Kier alpha value is -4.44. The van der Waals surface area contributed by atoms with E-state index in [0.717, 1.165) is 22.5 Å². The van der Waals surface area contributed by atoms with Crippen molar-refractivity contribution in [2.75, 3.05) is 18.2 Å². The Morgan fingerprint density at radius 1 is 1.23 bits per heavy atom. The summed E-state index contributed by atoms with van der Waals surface area (Å²) < 4.78 is 37.1. The number of ketones is 1. The van der Waals surface area contributed by atoms with E-state index in [0.29, 0.717) is 34.9 Å². The van der Waals surface area contributed by atoms with Crippen LogP contribution in [0.5, 0.6) is 5.75 Å². The monoisotopic (exact) mass is 607 g/mol. The first-order valence-electron chi connectivity index (χ1n) is 13.7. The normalized spacial score (nSPS) is 13.2. The zero-order valence-corrected chi connectivity index (χ0v) is 26.1. The fraction of sp³-hybridized carbons (Fsp3) is 0.242. The molecular formula is C33H39F2N5O2S. The number of hydrogen-bond acceptors (Lipinski definition) is 5. The van der Waals surface area contributed by atoms with Gasteiger partial charge in [-0.05, 0) is 99.5 Å². The Balaban J connectivity index is 1.78. The summed E-state index contributed by atoms with van der Waals surface area (Å²) in [4.78, 5) is 16.6. The van der Waals surface area contributed by atoms with Crippen LogP contribution in [0.3, 0.4) is 0 Å². The minimum absolute atomic E-state index is 0.0978. The third-order valence-electron chi connectivity index (χ3n) is 6.65. The van der Waals surface area contributed by atoms with E-state index in [4.69, 9.17) is 10.5 Å². The number of aromatic nitrogens is 3. The summed E-state index contributed by atoms with van der Waals surface area (Å²) in [7, 11) is -0.272. The van der Waals surface area contributed by atoms with Gasteiger partial charge < -0.3 is 20.2 Å². The molecule has 0 radical (unpaired) electrons. The molecule has 1 atom stereocenters. The third-order valence-corrected chi connectivity index (χ3v) is 8.46. The highest BCUT2D eigenvalue weighted by atomic mass is 32.2. The number of carbonyl (C=O) groups excluding carboxylic acids is 1. The highest BCUT2D eigenvalue weighted by Crippen LogP contribution is 2.26. The van der Waals surface area contributed by atoms with Crippen LogP contribution in [0, 0.1) is 12.7 Å². The van der Waals surface area contributed by atoms with E-state index in [-0.39, 0.29) is 40.3 Å². The molecular weight excluding hydrogens is 568 g/mol. The van der Waals surface area contributed by atoms with Gasteiger partial charge in [0.2, 0.25) is 5.78 Å². The number of benzene rings is 1. The van der Waals surface area contributed by atoms with E-state index < -0.39 is 5.82 Å². The number of alkyl halides is 1. The van der Waals surface area contributed by atoms with Crippen LogP contribution in [0.25, 0.3) is 11.8 Å². The lowest BCUT2D eigenvalue weighted by molar-refractivity contribution is 0.103. The molecule has 2 heterocycles. The second-order valence-electron chi connectivity index (χ2n) is 9.76. The Bertz CT molecular complexity index is 1640. The van der Waals surface area contributed by atoms with E-state index in [1.54, 1.807) is 44.2 Å². The number of rotatable bonds is 14. The van der Waals surface area contributed by atoms with Crippen LogP contribution in [0.2, 0.25) is 0 Å². The molecule has 228 valence electrons. The number of allylic oxidation sites excluding steroid dienone is 5. The summed E-state index contributed by atoms with van der Waals surface area (Å²) in [6.45, 7) is 17.2. The number of aromatic amines is 1. The van der Waals surface area contributed by atoms with Crippen LogP contribution in [0.4, 0.5) is 14.6 Å². The maximum absolute atomic E-state index is 14.1. The highest BCUT2D eigenvalue weighted by Gasteiger charge is 2.21. The summed E-state index contributed by atoms with van der Waals surface area (Å²) in [5.74, 6) is 0.548. The van der Waals surface area contributed by atoms with Crippen LogP contribution in [0.1, 0.15) is 61.4 Å². The minimum atomic E-state index is -0.476. The first kappa shape index (κ1) is 33.1. The number of halogens is 2. The van der Waals surface area contributed by atoms with Gasteiger partial charge in [-0.25, -0.2) is 9.07 Å². The molecule has 0 amide bonds. The number of ether oxygens (including phenoxy) is 1. The van der Waals surface area contributed by atoms with Gasteiger partial charge in [0.25, 0.3) is 0 Å². The fourth-order valence-electron chi connectivity index (χ4n) is 4.03. The average molecular weight is 608 g/mol. The maximum atomic E-state index is 14.1. The number of nitrogens with zero attached hydrogens (tertiary/aromatic N) is 2. The van der Waals surface area contributed by atoms with Crippen LogP contribution in [-0.4, -0.2) is 38.3 Å². The average Bonchev–Trinajstić information content (AvgIpc) is 3.56. The molecule has 1 unspecified atom stereocenters. The Morgan fingerprint density at radius 2 is 1.95 bits per heavy atom. The molecule has 0 aliphatic carbocycles. The zero-order valence-electron chi connectivity index (χ0n) is 25.3. The maximum Gasteiger partial charge on any atom is 0.214 e. The SMILES string of the molecule is C=C(N/S(=C/C)CCCF)/C(C)=C\c1cc(C(=O)c2cnn(C(=C)/C(C)=C\C(=C/C)Oc3ccccc3F)c2N)[nH]c1C. The number of H-pyrrole nitrogens is 1. The van der Waals surface area contributed by atoms with Gasteiger partial charge in [0.05, 0.1) is 29.8 Å². The number of para-hydroxylation sites is 1. The molecule has 7 nitrogen and oxygen atoms in total. The van der Waals surface area contributed by atoms with Gasteiger partial charge in [0.15, 0.2) is 11.6 Å². The van der Waals surface area contributed by atoms with Crippen molar-refractivity contribution in [3.63, 3.8) is 0 Å². The van der Waals surface area contributed by atoms with Crippen molar-refractivity contribution < 1.29 is 18.3 Å². The van der Waals surface area contributed by atoms with Crippen LogP contribution < -0.4 is 15.2 Å². The second kappa shape index (κ2) is 15.2. The zero-order chi connectivity index (χ0) is 31.7. The van der Waals surface area contributed by atoms with Gasteiger partial charge >= 0.3 is 0 Å². The van der Waals surface area contributed by atoms with Crippen LogP contribution in [-0.2, 0) is 0 Å². The first-order valence-corrected chi connectivity index (χ1v) is 15.2. The lowest BCUT2D eigenvalue weighted by Gasteiger charge is -2.14. The molecule has 2 aromatic heterocycles. The molecule has 3 aromatic rings. The lowest BCUT2D eigenvalue weighted by atomic mass is 10.1. The summed E-state index contributed by atoms with van der Waals surface area (Å²) in [5, 5.41) is 6.33. The van der Waals surface area contributed by atoms with E-state index in [1.807, 2.05) is 32.2 Å². The quantitative estimate of drug-likeness (QED) is 0.0754. The smallest absolute Gasteiger partial charge is 0.214 e. The number of aryl methyl sites for hydroxylation is 1. The van der Waals surface area contributed by atoms with Crippen LogP contribution in [0.15, 0.2) is 84.4 Å². The number of carbonyl (C=O) groups is 1. The lowest BCUT2D eigenvalue weighted by Crippen LogP contribution is -2.09. The van der Waals surface area contributed by atoms with Crippen molar-refractivity contribution in [2.24, 2.45) is 0 Å². The summed E-state index contributed by atoms with van der Waals surface area (Å²) in [6.07, 6.45) is 7.23. The van der Waals surface area contributed by atoms with Crippen molar-refractivity contribution in [3.05, 3.63) is 113 Å². The van der Waals surface area contributed by atoms with Gasteiger partial charge in [-0.2, -0.15) is 5.10 Å². The van der Waals surface area contributed by atoms with E-state index in [1.165, 1.54) is 23.0 Å². The summed E-state index contributed by atoms with van der Waals surface area (Å²) >= 11 is 0. The Kier molecular flexibility index (Phi) is 11.7. The molecule has 43 heavy (non-hydrogen) atoms. The number of nitrogens with one attached hydrogen (secondary N) is 2. The molecule has 0 aliphatic heterocycles. The predicted octanol–water partition coefficient (Wildman–Crippen LogP) is 7.74. The largest absolute Gasteiger partial charge is 0.455 e. The predicted molar refractivity (Wildman–Crippen MR) is 176 cm³/mol. The molecule has 0 spiro atoms. The Morgan fingerprint density at radius 3 is 2.60 bits per heavy atom. The summed E-state index contributed by atoms with van der Waals surface area (Å²) in [6, 6.07) is 7.89. The number of nitrogens with two attached hydrogens (primary N) is 1. The topological polar surface area (TPSA) is 98.0 Å². The molecule has 0 aliphatic rings. The molecule has 0 saturated heterocycles. The van der Waals surface area contributed by atoms with Crippen molar-refractivity contribution in [1.29, 1.82) is 0 Å². The third kappa shape index (κ3) is 8.32. The number of hydrogen-bond donors (Lipinski definition) is 3. The number of anilines is 1. The van der Waals surface area contributed by atoms with Crippen molar-refractivity contribution >= 4 is 39.4 Å². The summed E-state index contributed by atoms with van der Waals surface area (Å²) in [5.41, 5.74) is 11.3. The molecule has 0 bridgehead atoms. The molecule has 1 aromatic carbocycles. The van der Waals surface area contributed by atoms with E-state index in [9.17, 15) is 13.6 Å². The molecule has 10 heteroatoms. The van der Waals surface area contributed by atoms with Crippen molar-refractivity contribution in [1.82, 2.24) is 19.5 Å². The Labute approximate surface area is 254 Å². The molecule has 4 N–H and O–H groups in total. The fourth-order valence-corrected chi connectivity index (χ4v) is 5.38. The van der Waals surface area contributed by atoms with E-state index in [2.05, 4.69) is 28.0 Å². The van der Waals surface area contributed by atoms with Gasteiger partial charge in [0, 0.05) is 17.1 Å². The minimum Gasteiger partial charge on any atom is -0.455 e. The molecule has 0 saturated carbocycles. The van der Waals surface area contributed by atoms with Crippen molar-refractivity contribution in [3.8, 4) is 5.75 Å².